The van der Waals surface area contributed by atoms with Crippen molar-refractivity contribution in [3.05, 3.63) is 106 Å². The molecular weight excluding hydrogens is 537 g/mol. The average molecular weight is 563 g/mol. The molecule has 2 nitrogen and oxygen atoms in total. The molecule has 0 fully saturated rings. The summed E-state index contributed by atoms with van der Waals surface area (Å²) in [6, 6.07) is 13.5. The van der Waals surface area contributed by atoms with Crippen LogP contribution >= 0.6 is 0 Å². The van der Waals surface area contributed by atoms with E-state index in [0.29, 0.717) is 17.7 Å². The Hall–Kier alpha value is -4.01. The first-order chi connectivity index (χ1) is 19.0. The Morgan fingerprint density at radius 1 is 0.700 bits per heavy atom. The predicted octanol–water partition coefficient (Wildman–Crippen LogP) is 9.50. The van der Waals surface area contributed by atoms with E-state index in [1.807, 2.05) is 24.3 Å². The van der Waals surface area contributed by atoms with Gasteiger partial charge < -0.3 is 9.47 Å². The minimum absolute atomic E-state index is 0.0234. The molecule has 210 valence electrons. The van der Waals surface area contributed by atoms with Crippen LogP contribution in [0.15, 0.2) is 60.7 Å². The van der Waals surface area contributed by atoms with Gasteiger partial charge in [-0.1, -0.05) is 49.7 Å². The Morgan fingerprint density at radius 2 is 1.30 bits per heavy atom. The molecule has 0 heterocycles. The lowest BCUT2D eigenvalue weighted by atomic mass is 9.97. The van der Waals surface area contributed by atoms with Crippen LogP contribution in [0, 0.1) is 36.0 Å². The summed E-state index contributed by atoms with van der Waals surface area (Å²) in [5, 5.41) is 0. The fourth-order valence-corrected chi connectivity index (χ4v) is 4.36. The first kappa shape index (κ1) is 29.0. The molecule has 0 radical (unpaired) electrons. The summed E-state index contributed by atoms with van der Waals surface area (Å²) < 4.78 is 113. The normalized spacial score (nSPS) is 11.6. The van der Waals surface area contributed by atoms with Gasteiger partial charge in [0.1, 0.15) is 23.0 Å². The lowest BCUT2D eigenvalue weighted by molar-refractivity contribution is -0.191. The monoisotopic (exact) mass is 562 g/mol. The molecule has 0 aliphatic carbocycles. The fourth-order valence-electron chi connectivity index (χ4n) is 4.36. The van der Waals surface area contributed by atoms with Gasteiger partial charge in [-0.05, 0) is 72.4 Å². The zero-order valence-corrected chi connectivity index (χ0v) is 21.9. The number of rotatable bonds is 9. The molecule has 0 unspecified atom stereocenters. The van der Waals surface area contributed by atoms with Crippen molar-refractivity contribution in [1.82, 2.24) is 0 Å². The second-order valence-corrected chi connectivity index (χ2v) is 9.16. The quantitative estimate of drug-likeness (QED) is 0.189. The molecule has 0 aliphatic heterocycles. The molecular formula is C31H25F7O2. The van der Waals surface area contributed by atoms with Crippen LogP contribution in [0.25, 0.3) is 22.3 Å². The third-order valence-corrected chi connectivity index (χ3v) is 6.28. The van der Waals surface area contributed by atoms with Gasteiger partial charge >= 0.3 is 6.11 Å². The van der Waals surface area contributed by atoms with Crippen LogP contribution in [0.4, 0.5) is 30.7 Å². The van der Waals surface area contributed by atoms with E-state index in [0.717, 1.165) is 37.0 Å². The molecule has 4 aromatic carbocycles. The van der Waals surface area contributed by atoms with Gasteiger partial charge in [-0.2, -0.15) is 17.6 Å². The van der Waals surface area contributed by atoms with Crippen molar-refractivity contribution >= 4 is 0 Å². The number of hydrogen-bond donors (Lipinski definition) is 0. The highest BCUT2D eigenvalue weighted by Gasteiger charge is 2.43. The van der Waals surface area contributed by atoms with Crippen LogP contribution in [-0.2, 0) is 12.5 Å². The van der Waals surface area contributed by atoms with E-state index in [2.05, 4.69) is 11.7 Å². The second-order valence-electron chi connectivity index (χ2n) is 9.16. The number of ether oxygens (including phenoxy) is 2. The molecule has 0 saturated carbocycles. The van der Waals surface area contributed by atoms with Gasteiger partial charge in [0.15, 0.2) is 11.5 Å². The number of aryl methyl sites for hydroxylation is 2. The summed E-state index contributed by atoms with van der Waals surface area (Å²) in [6.07, 6.45) is -2.87. The molecule has 0 spiro atoms. The zero-order chi connectivity index (χ0) is 29.2. The molecule has 0 saturated heterocycles. The van der Waals surface area contributed by atoms with E-state index < -0.39 is 52.3 Å². The fraction of sp³-hybridized carbons (Fsp3) is 0.226. The maximum atomic E-state index is 15.0. The van der Waals surface area contributed by atoms with Crippen molar-refractivity contribution in [3.8, 4) is 33.8 Å². The molecule has 0 aromatic heterocycles. The van der Waals surface area contributed by atoms with Crippen molar-refractivity contribution in [2.24, 2.45) is 0 Å². The first-order valence-electron chi connectivity index (χ1n) is 12.5. The highest BCUT2D eigenvalue weighted by molar-refractivity contribution is 5.71. The Balaban J connectivity index is 1.65. The summed E-state index contributed by atoms with van der Waals surface area (Å²) in [6.45, 7) is 4.67. The van der Waals surface area contributed by atoms with E-state index in [1.54, 1.807) is 6.07 Å². The average Bonchev–Trinajstić information content (AvgIpc) is 2.90. The summed E-state index contributed by atoms with van der Waals surface area (Å²) in [5.74, 6) is -9.52. The Kier molecular flexibility index (Phi) is 8.42. The van der Waals surface area contributed by atoms with Crippen molar-refractivity contribution in [3.63, 3.8) is 0 Å². The Labute approximate surface area is 227 Å². The lowest BCUT2D eigenvalue weighted by Crippen LogP contribution is -2.26. The maximum Gasteiger partial charge on any atom is 0.432 e. The Bertz CT molecular complexity index is 1510. The molecule has 0 amide bonds. The van der Waals surface area contributed by atoms with Crippen LogP contribution in [-0.4, -0.2) is 6.61 Å². The predicted molar refractivity (Wildman–Crippen MR) is 138 cm³/mol. The van der Waals surface area contributed by atoms with Crippen LogP contribution in [0.1, 0.15) is 37.0 Å². The highest BCUT2D eigenvalue weighted by Crippen LogP contribution is 2.41. The number of hydrogen-bond acceptors (Lipinski definition) is 2. The minimum Gasteiger partial charge on any atom is -0.491 e. The first-order valence-corrected chi connectivity index (χ1v) is 12.5. The van der Waals surface area contributed by atoms with Gasteiger partial charge in [-0.25, -0.2) is 13.2 Å². The molecule has 0 aliphatic rings. The topological polar surface area (TPSA) is 18.5 Å². The third-order valence-electron chi connectivity index (χ3n) is 6.28. The maximum absolute atomic E-state index is 15.0. The third kappa shape index (κ3) is 5.78. The summed E-state index contributed by atoms with van der Waals surface area (Å²) in [7, 11) is 0. The second kappa shape index (κ2) is 11.6. The van der Waals surface area contributed by atoms with E-state index in [9.17, 15) is 26.3 Å². The molecule has 4 aromatic rings. The van der Waals surface area contributed by atoms with Gasteiger partial charge in [-0.3, -0.25) is 0 Å². The van der Waals surface area contributed by atoms with Gasteiger partial charge in [0.05, 0.1) is 6.61 Å². The van der Waals surface area contributed by atoms with Crippen molar-refractivity contribution in [2.45, 2.75) is 39.7 Å². The summed E-state index contributed by atoms with van der Waals surface area (Å²) in [4.78, 5) is 0. The number of alkyl halides is 2. The van der Waals surface area contributed by atoms with Crippen LogP contribution in [0.5, 0.6) is 11.5 Å². The number of halogens is 7. The zero-order valence-electron chi connectivity index (χ0n) is 21.9. The molecule has 0 bridgehead atoms. The Morgan fingerprint density at radius 3 is 1.88 bits per heavy atom. The summed E-state index contributed by atoms with van der Waals surface area (Å²) >= 11 is 0. The standard InChI is InChI=1S/C31H25F7O2/c1-4-6-18-7-9-19(10-8-18)20-11-12-22(23(32)14-20)21-15-24(33)27(25(34)16-21)31(37,38)40-30-17(3)13-26(39-5-2)28(35)29(30)36/h7-16H,4-6H2,1-3H3. The molecule has 0 N–H and O–H groups in total. The van der Waals surface area contributed by atoms with Crippen LogP contribution in [0.2, 0.25) is 0 Å². The van der Waals surface area contributed by atoms with E-state index in [4.69, 9.17) is 4.74 Å². The SMILES string of the molecule is CCCc1ccc(-c2ccc(-c3cc(F)c(C(F)(F)Oc4c(C)cc(OCC)c(F)c4F)c(F)c3)c(F)c2)cc1. The summed E-state index contributed by atoms with van der Waals surface area (Å²) in [5.41, 5.74) is -0.331. The van der Waals surface area contributed by atoms with Crippen molar-refractivity contribution in [2.75, 3.05) is 6.61 Å². The van der Waals surface area contributed by atoms with E-state index >= 15 is 4.39 Å². The largest absolute Gasteiger partial charge is 0.491 e. The van der Waals surface area contributed by atoms with Crippen LogP contribution in [0.3, 0.4) is 0 Å². The number of benzene rings is 4. The van der Waals surface area contributed by atoms with Crippen molar-refractivity contribution in [1.29, 1.82) is 0 Å². The van der Waals surface area contributed by atoms with Gasteiger partial charge in [0, 0.05) is 5.56 Å². The molecule has 9 heteroatoms. The van der Waals surface area contributed by atoms with Gasteiger partial charge in [0.2, 0.25) is 11.6 Å². The van der Waals surface area contributed by atoms with E-state index in [-0.39, 0.29) is 23.3 Å². The molecule has 40 heavy (non-hydrogen) atoms. The smallest absolute Gasteiger partial charge is 0.432 e. The minimum atomic E-state index is -4.75. The van der Waals surface area contributed by atoms with Crippen molar-refractivity contribution < 1.29 is 40.2 Å². The lowest BCUT2D eigenvalue weighted by Gasteiger charge is -2.22. The molecule has 0 atom stereocenters. The van der Waals surface area contributed by atoms with E-state index in [1.165, 1.54) is 19.1 Å². The highest BCUT2D eigenvalue weighted by atomic mass is 19.3. The molecule has 4 rings (SSSR count). The van der Waals surface area contributed by atoms with Crippen LogP contribution < -0.4 is 9.47 Å². The van der Waals surface area contributed by atoms with Gasteiger partial charge in [-0.15, -0.1) is 0 Å². The van der Waals surface area contributed by atoms with Gasteiger partial charge in [0.25, 0.3) is 0 Å².